The molecule has 0 spiro atoms. The Morgan fingerprint density at radius 1 is 1.03 bits per heavy atom. The van der Waals surface area contributed by atoms with Crippen LogP contribution in [0, 0.1) is 0 Å². The van der Waals surface area contributed by atoms with Gasteiger partial charge in [0.1, 0.15) is 5.75 Å². The summed E-state index contributed by atoms with van der Waals surface area (Å²) in [6.07, 6.45) is 9.53. The molecule has 0 bridgehead atoms. The minimum Gasteiger partial charge on any atom is -0.455 e. The molecular weight excluding hydrogens is 402 g/mol. The molecule has 1 aliphatic rings. The second kappa shape index (κ2) is 10.6. The van der Waals surface area contributed by atoms with Crippen molar-refractivity contribution in [2.45, 2.75) is 26.2 Å². The van der Waals surface area contributed by atoms with Gasteiger partial charge >= 0.3 is 0 Å². The van der Waals surface area contributed by atoms with Crippen LogP contribution in [0.5, 0.6) is 11.5 Å². The summed E-state index contributed by atoms with van der Waals surface area (Å²) in [5.41, 5.74) is 3.68. The zero-order chi connectivity index (χ0) is 22.2. The van der Waals surface area contributed by atoms with Crippen molar-refractivity contribution in [1.29, 1.82) is 0 Å². The third-order valence-corrected chi connectivity index (χ3v) is 5.39. The molecule has 7 heteroatoms. The number of aromatic nitrogens is 2. The summed E-state index contributed by atoms with van der Waals surface area (Å²) in [6.45, 7) is 5.21. The van der Waals surface area contributed by atoms with Gasteiger partial charge in [-0.05, 0) is 49.1 Å². The number of carbonyl (C=O) groups is 1. The summed E-state index contributed by atoms with van der Waals surface area (Å²) in [4.78, 5) is 23.7. The van der Waals surface area contributed by atoms with Gasteiger partial charge in [0, 0.05) is 50.8 Å². The minimum atomic E-state index is -0.0531. The zero-order valence-electron chi connectivity index (χ0n) is 18.4. The Morgan fingerprint density at radius 2 is 1.88 bits per heavy atom. The maximum absolute atomic E-state index is 13.4. The molecule has 4 rings (SSSR count). The lowest BCUT2D eigenvalue weighted by Gasteiger charge is -2.23. The zero-order valence-corrected chi connectivity index (χ0v) is 18.4. The summed E-state index contributed by atoms with van der Waals surface area (Å²) in [6, 6.07) is 11.5. The van der Waals surface area contributed by atoms with Crippen molar-refractivity contribution in [3.8, 4) is 11.5 Å². The van der Waals surface area contributed by atoms with Gasteiger partial charge in [-0.25, -0.2) is 0 Å². The fraction of sp³-hybridized carbons (Fsp3) is 0.320. The van der Waals surface area contributed by atoms with Crippen molar-refractivity contribution in [3.05, 3.63) is 72.3 Å². The third kappa shape index (κ3) is 5.35. The molecule has 1 aliphatic heterocycles. The Morgan fingerprint density at radius 3 is 2.69 bits per heavy atom. The molecule has 0 atom stereocenters. The van der Waals surface area contributed by atoms with Crippen molar-refractivity contribution < 1.29 is 9.53 Å². The van der Waals surface area contributed by atoms with E-state index in [0.29, 0.717) is 30.2 Å². The van der Waals surface area contributed by atoms with Crippen LogP contribution in [0.15, 0.2) is 61.2 Å². The van der Waals surface area contributed by atoms with Crippen LogP contribution in [-0.4, -0.2) is 47.0 Å². The first-order valence-corrected chi connectivity index (χ1v) is 11.2. The predicted octanol–water partition coefficient (Wildman–Crippen LogP) is 4.59. The number of rotatable bonds is 8. The van der Waals surface area contributed by atoms with Crippen LogP contribution < -0.4 is 15.4 Å². The summed E-state index contributed by atoms with van der Waals surface area (Å²) in [5, 5.41) is 6.82. The van der Waals surface area contributed by atoms with E-state index in [9.17, 15) is 4.79 Å². The van der Waals surface area contributed by atoms with Crippen LogP contribution >= 0.6 is 0 Å². The van der Waals surface area contributed by atoms with Crippen molar-refractivity contribution in [2.75, 3.05) is 36.8 Å². The molecule has 2 N–H and O–H groups in total. The molecular formula is C25H29N5O2. The van der Waals surface area contributed by atoms with Crippen molar-refractivity contribution in [1.82, 2.24) is 14.9 Å². The van der Waals surface area contributed by atoms with Gasteiger partial charge in [0.25, 0.3) is 5.91 Å². The lowest BCUT2D eigenvalue weighted by atomic mass is 10.1. The number of nitrogens with one attached hydrogen (secondary N) is 2. The first kappa shape index (κ1) is 21.6. The predicted molar refractivity (Wildman–Crippen MR) is 126 cm³/mol. The average molecular weight is 432 g/mol. The van der Waals surface area contributed by atoms with E-state index < -0.39 is 0 Å². The summed E-state index contributed by atoms with van der Waals surface area (Å²) in [5.74, 6) is 1.07. The highest BCUT2D eigenvalue weighted by Crippen LogP contribution is 2.32. The Kier molecular flexibility index (Phi) is 7.17. The van der Waals surface area contributed by atoms with Crippen LogP contribution in [0.25, 0.3) is 0 Å². The first-order valence-electron chi connectivity index (χ1n) is 11.2. The van der Waals surface area contributed by atoms with Crippen LogP contribution in [0.4, 0.5) is 11.4 Å². The largest absolute Gasteiger partial charge is 0.455 e. The molecule has 0 fully saturated rings. The number of amides is 1. The monoisotopic (exact) mass is 431 g/mol. The van der Waals surface area contributed by atoms with E-state index in [1.807, 2.05) is 41.4 Å². The van der Waals surface area contributed by atoms with Gasteiger partial charge in [0.15, 0.2) is 5.75 Å². The minimum absolute atomic E-state index is 0.0531. The fourth-order valence-corrected chi connectivity index (χ4v) is 3.75. The Bertz CT molecular complexity index is 1040. The molecule has 0 radical (unpaired) electrons. The topological polar surface area (TPSA) is 79.4 Å². The highest BCUT2D eigenvalue weighted by Gasteiger charge is 2.20. The molecule has 0 aliphatic carbocycles. The van der Waals surface area contributed by atoms with Crippen molar-refractivity contribution in [3.63, 3.8) is 0 Å². The number of carbonyl (C=O) groups excluding carboxylic acids is 1. The van der Waals surface area contributed by atoms with E-state index in [1.54, 1.807) is 24.7 Å². The van der Waals surface area contributed by atoms with E-state index in [2.05, 4.69) is 27.5 Å². The highest BCUT2D eigenvalue weighted by atomic mass is 16.5. The van der Waals surface area contributed by atoms with Crippen molar-refractivity contribution >= 4 is 17.3 Å². The SMILES string of the molecule is CCCN(CCc1cccnc1)C(=O)c1ccncc1Oc1ccc2c(c1)NCCCN2. The molecule has 7 nitrogen and oxygen atoms in total. The molecule has 0 saturated carbocycles. The first-order chi connectivity index (χ1) is 15.7. The quantitative estimate of drug-likeness (QED) is 0.543. The second-order valence-corrected chi connectivity index (χ2v) is 7.79. The van der Waals surface area contributed by atoms with E-state index in [-0.39, 0.29) is 5.91 Å². The maximum atomic E-state index is 13.4. The standard InChI is InChI=1S/C25H29N5O2/c1-2-14-30(15-9-19-5-3-10-26-17-19)25(31)21-8-13-27-18-24(21)32-20-6-7-22-23(16-20)29-12-4-11-28-22/h3,5-8,10,13,16-18,28-29H,2,4,9,11-12,14-15H2,1H3. The lowest BCUT2D eigenvalue weighted by Crippen LogP contribution is -2.34. The van der Waals surface area contributed by atoms with E-state index in [1.165, 1.54) is 0 Å². The van der Waals surface area contributed by atoms with Gasteiger partial charge in [0.05, 0.1) is 23.1 Å². The highest BCUT2D eigenvalue weighted by molar-refractivity contribution is 5.97. The van der Waals surface area contributed by atoms with E-state index in [4.69, 9.17) is 4.74 Å². The Hall–Kier alpha value is -3.61. The summed E-state index contributed by atoms with van der Waals surface area (Å²) < 4.78 is 6.14. The summed E-state index contributed by atoms with van der Waals surface area (Å²) in [7, 11) is 0. The third-order valence-electron chi connectivity index (χ3n) is 5.39. The molecule has 0 saturated heterocycles. The van der Waals surface area contributed by atoms with Gasteiger partial charge in [-0.15, -0.1) is 0 Å². The van der Waals surface area contributed by atoms with Gasteiger partial charge in [-0.3, -0.25) is 14.8 Å². The number of ether oxygens (including phenoxy) is 1. The van der Waals surface area contributed by atoms with Crippen LogP contribution in [-0.2, 0) is 6.42 Å². The van der Waals surface area contributed by atoms with Crippen LogP contribution in [0.3, 0.4) is 0 Å². The number of fused-ring (bicyclic) bond motifs is 1. The number of pyridine rings is 2. The lowest BCUT2D eigenvalue weighted by molar-refractivity contribution is 0.0754. The normalized spacial score (nSPS) is 12.7. The van der Waals surface area contributed by atoms with E-state index in [0.717, 1.165) is 49.3 Å². The molecule has 3 aromatic rings. The number of hydrogen-bond donors (Lipinski definition) is 2. The maximum Gasteiger partial charge on any atom is 0.257 e. The molecule has 1 aromatic carbocycles. The van der Waals surface area contributed by atoms with Crippen molar-refractivity contribution in [2.24, 2.45) is 0 Å². The molecule has 32 heavy (non-hydrogen) atoms. The van der Waals surface area contributed by atoms with Gasteiger partial charge in [-0.2, -0.15) is 0 Å². The average Bonchev–Trinajstić information content (AvgIpc) is 3.07. The number of hydrogen-bond acceptors (Lipinski definition) is 6. The summed E-state index contributed by atoms with van der Waals surface area (Å²) >= 11 is 0. The molecule has 1 amide bonds. The van der Waals surface area contributed by atoms with Crippen LogP contribution in [0.1, 0.15) is 35.7 Å². The molecule has 0 unspecified atom stereocenters. The molecule has 3 heterocycles. The Balaban J connectivity index is 1.52. The molecule has 166 valence electrons. The van der Waals surface area contributed by atoms with Gasteiger partial charge in [-0.1, -0.05) is 13.0 Å². The smallest absolute Gasteiger partial charge is 0.257 e. The number of nitrogens with zero attached hydrogens (tertiary/aromatic N) is 3. The number of anilines is 2. The van der Waals surface area contributed by atoms with E-state index >= 15 is 0 Å². The van der Waals surface area contributed by atoms with Crippen LogP contribution in [0.2, 0.25) is 0 Å². The van der Waals surface area contributed by atoms with Gasteiger partial charge < -0.3 is 20.3 Å². The molecule has 2 aromatic heterocycles. The Labute approximate surface area is 188 Å². The van der Waals surface area contributed by atoms with Gasteiger partial charge in [0.2, 0.25) is 0 Å². The number of benzene rings is 1. The fourth-order valence-electron chi connectivity index (χ4n) is 3.75. The second-order valence-electron chi connectivity index (χ2n) is 7.79.